The van der Waals surface area contributed by atoms with Gasteiger partial charge in [0.25, 0.3) is 0 Å². The van der Waals surface area contributed by atoms with Gasteiger partial charge in [-0.1, -0.05) is 24.6 Å². The smallest absolute Gasteiger partial charge is 0.0502 e. The number of hydrogen-bond donors (Lipinski definition) is 1. The summed E-state index contributed by atoms with van der Waals surface area (Å²) in [7, 11) is 0. The van der Waals surface area contributed by atoms with Gasteiger partial charge >= 0.3 is 0 Å². The van der Waals surface area contributed by atoms with Crippen LogP contribution in [0.15, 0.2) is 18.2 Å². The number of nitrogens with zero attached hydrogens (tertiary/aromatic N) is 1. The Kier molecular flexibility index (Phi) is 3.31. The van der Waals surface area contributed by atoms with Crippen molar-refractivity contribution >= 4 is 22.5 Å². The van der Waals surface area contributed by atoms with E-state index in [-0.39, 0.29) is 0 Å². The lowest BCUT2D eigenvalue weighted by Crippen LogP contribution is -2.29. The van der Waals surface area contributed by atoms with Crippen LogP contribution in [-0.4, -0.2) is 29.5 Å². The van der Waals surface area contributed by atoms with Gasteiger partial charge in [-0.3, -0.25) is 0 Å². The van der Waals surface area contributed by atoms with Crippen molar-refractivity contribution in [3.63, 3.8) is 0 Å². The Labute approximate surface area is 113 Å². The second-order valence-electron chi connectivity index (χ2n) is 5.03. The van der Waals surface area contributed by atoms with Crippen LogP contribution in [0.5, 0.6) is 0 Å². The van der Waals surface area contributed by atoms with Gasteiger partial charge in [0.2, 0.25) is 0 Å². The number of aryl methyl sites for hydroxylation is 1. The Bertz CT molecular complexity index is 559. The lowest BCUT2D eigenvalue weighted by atomic mass is 10.0. The zero-order valence-corrected chi connectivity index (χ0v) is 11.6. The molecule has 0 amide bonds. The van der Waals surface area contributed by atoms with E-state index in [9.17, 15) is 0 Å². The molecule has 1 N–H and O–H groups in total. The highest BCUT2D eigenvalue weighted by Crippen LogP contribution is 2.31. The quantitative estimate of drug-likeness (QED) is 0.832. The molecule has 96 valence electrons. The number of fused-ring (bicyclic) bond motifs is 3. The lowest BCUT2D eigenvalue weighted by molar-refractivity contribution is 0.283. The monoisotopic (exact) mass is 262 g/mol. The predicted octanol–water partition coefficient (Wildman–Crippen LogP) is 3.63. The molecule has 0 spiro atoms. The fourth-order valence-corrected chi connectivity index (χ4v) is 3.28. The van der Waals surface area contributed by atoms with Gasteiger partial charge in [0.15, 0.2) is 0 Å². The van der Waals surface area contributed by atoms with Crippen molar-refractivity contribution in [1.29, 1.82) is 0 Å². The number of benzene rings is 1. The highest BCUT2D eigenvalue weighted by atomic mass is 35.5. The number of nitrogens with one attached hydrogen (secondary N) is 1. The molecule has 0 radical (unpaired) electrons. The van der Waals surface area contributed by atoms with E-state index >= 15 is 0 Å². The predicted molar refractivity (Wildman–Crippen MR) is 77.4 cm³/mol. The molecular formula is C15H19ClN2. The summed E-state index contributed by atoms with van der Waals surface area (Å²) in [4.78, 5) is 6.08. The van der Waals surface area contributed by atoms with Crippen LogP contribution in [0.2, 0.25) is 5.02 Å². The molecule has 1 aliphatic heterocycles. The van der Waals surface area contributed by atoms with Crippen molar-refractivity contribution in [3.05, 3.63) is 34.5 Å². The SMILES string of the molecule is CCN1CCCc2[nH]c3cccc(Cl)c3c2CC1. The zero-order valence-electron chi connectivity index (χ0n) is 10.8. The topological polar surface area (TPSA) is 19.0 Å². The fraction of sp³-hybridized carbons (Fsp3) is 0.467. The van der Waals surface area contributed by atoms with Crippen LogP contribution in [0.25, 0.3) is 10.9 Å². The van der Waals surface area contributed by atoms with Crippen molar-refractivity contribution in [2.75, 3.05) is 19.6 Å². The summed E-state index contributed by atoms with van der Waals surface area (Å²) < 4.78 is 0. The van der Waals surface area contributed by atoms with E-state index in [1.807, 2.05) is 12.1 Å². The average Bonchev–Trinajstić information content (AvgIpc) is 2.68. The van der Waals surface area contributed by atoms with Gasteiger partial charge in [0.1, 0.15) is 0 Å². The molecule has 2 heterocycles. The third-order valence-corrected chi connectivity index (χ3v) is 4.31. The molecule has 1 aliphatic rings. The van der Waals surface area contributed by atoms with E-state index in [0.29, 0.717) is 0 Å². The molecule has 2 aromatic rings. The molecular weight excluding hydrogens is 244 g/mol. The number of aromatic amines is 1. The minimum absolute atomic E-state index is 0.883. The van der Waals surface area contributed by atoms with E-state index in [0.717, 1.165) is 31.0 Å². The maximum atomic E-state index is 6.37. The van der Waals surface area contributed by atoms with Gasteiger partial charge in [0, 0.05) is 23.1 Å². The summed E-state index contributed by atoms with van der Waals surface area (Å²) in [6.45, 7) is 5.73. The summed E-state index contributed by atoms with van der Waals surface area (Å²) >= 11 is 6.37. The van der Waals surface area contributed by atoms with Crippen LogP contribution < -0.4 is 0 Å². The minimum atomic E-state index is 0.883. The van der Waals surface area contributed by atoms with E-state index < -0.39 is 0 Å². The zero-order chi connectivity index (χ0) is 12.5. The highest BCUT2D eigenvalue weighted by Gasteiger charge is 2.17. The third kappa shape index (κ3) is 2.04. The van der Waals surface area contributed by atoms with Crippen molar-refractivity contribution in [2.24, 2.45) is 0 Å². The molecule has 0 saturated heterocycles. The Morgan fingerprint density at radius 1 is 1.28 bits per heavy atom. The second-order valence-corrected chi connectivity index (χ2v) is 5.44. The summed E-state index contributed by atoms with van der Waals surface area (Å²) in [5.41, 5.74) is 4.03. The first-order valence-electron chi connectivity index (χ1n) is 6.80. The van der Waals surface area contributed by atoms with Crippen LogP contribution in [0, 0.1) is 0 Å². The fourth-order valence-electron chi connectivity index (χ4n) is 2.99. The first-order chi connectivity index (χ1) is 8.79. The largest absolute Gasteiger partial charge is 0.358 e. The number of halogens is 1. The van der Waals surface area contributed by atoms with Crippen molar-refractivity contribution < 1.29 is 0 Å². The molecule has 0 atom stereocenters. The maximum Gasteiger partial charge on any atom is 0.0502 e. The van der Waals surface area contributed by atoms with Crippen LogP contribution in [0.4, 0.5) is 0 Å². The number of hydrogen-bond acceptors (Lipinski definition) is 1. The van der Waals surface area contributed by atoms with Gasteiger partial charge in [-0.05, 0) is 50.0 Å². The van der Waals surface area contributed by atoms with Crippen LogP contribution in [0.3, 0.4) is 0 Å². The van der Waals surface area contributed by atoms with Crippen LogP contribution in [-0.2, 0) is 12.8 Å². The molecule has 1 aromatic heterocycles. The summed E-state index contributed by atoms with van der Waals surface area (Å²) in [5, 5.41) is 2.13. The van der Waals surface area contributed by atoms with Crippen molar-refractivity contribution in [2.45, 2.75) is 26.2 Å². The Morgan fingerprint density at radius 2 is 2.17 bits per heavy atom. The Balaban J connectivity index is 2.06. The molecule has 0 bridgehead atoms. The molecule has 1 aromatic carbocycles. The van der Waals surface area contributed by atoms with Gasteiger partial charge in [-0.25, -0.2) is 0 Å². The summed E-state index contributed by atoms with van der Waals surface area (Å²) in [5.74, 6) is 0. The number of H-pyrrole nitrogens is 1. The number of aromatic nitrogens is 1. The second kappa shape index (κ2) is 4.94. The van der Waals surface area contributed by atoms with Gasteiger partial charge in [-0.2, -0.15) is 0 Å². The van der Waals surface area contributed by atoms with E-state index in [4.69, 9.17) is 11.6 Å². The van der Waals surface area contributed by atoms with Gasteiger partial charge < -0.3 is 9.88 Å². The first-order valence-corrected chi connectivity index (χ1v) is 7.17. The summed E-state index contributed by atoms with van der Waals surface area (Å²) in [6, 6.07) is 6.14. The maximum absolute atomic E-state index is 6.37. The first kappa shape index (κ1) is 12.1. The van der Waals surface area contributed by atoms with Crippen LogP contribution in [0.1, 0.15) is 24.6 Å². The normalized spacial score (nSPS) is 17.4. The standard InChI is InChI=1S/C15H19ClN2/c1-2-18-9-4-7-13-11(8-10-18)15-12(16)5-3-6-14(15)17-13/h3,5-6,17H,2,4,7-10H2,1H3. The lowest BCUT2D eigenvalue weighted by Gasteiger charge is -2.23. The minimum Gasteiger partial charge on any atom is -0.358 e. The highest BCUT2D eigenvalue weighted by molar-refractivity contribution is 6.35. The molecule has 18 heavy (non-hydrogen) atoms. The van der Waals surface area contributed by atoms with Gasteiger partial charge in [0.05, 0.1) is 5.02 Å². The molecule has 2 nitrogen and oxygen atoms in total. The number of likely N-dealkylation sites (N-methyl/N-ethyl adjacent to an activating group) is 1. The molecule has 3 heteroatoms. The molecule has 0 unspecified atom stereocenters. The summed E-state index contributed by atoms with van der Waals surface area (Å²) in [6.07, 6.45) is 3.47. The van der Waals surface area contributed by atoms with E-state index in [1.165, 1.54) is 35.1 Å². The van der Waals surface area contributed by atoms with Gasteiger partial charge in [-0.15, -0.1) is 0 Å². The van der Waals surface area contributed by atoms with E-state index in [1.54, 1.807) is 0 Å². The molecule has 0 fully saturated rings. The molecule has 3 rings (SSSR count). The molecule has 0 saturated carbocycles. The van der Waals surface area contributed by atoms with Crippen molar-refractivity contribution in [3.8, 4) is 0 Å². The number of rotatable bonds is 1. The Hall–Kier alpha value is -0.990. The third-order valence-electron chi connectivity index (χ3n) is 3.99. The molecule has 0 aliphatic carbocycles. The van der Waals surface area contributed by atoms with Crippen molar-refractivity contribution in [1.82, 2.24) is 9.88 Å². The Morgan fingerprint density at radius 3 is 3.00 bits per heavy atom. The average molecular weight is 263 g/mol. The van der Waals surface area contributed by atoms with E-state index in [2.05, 4.69) is 22.9 Å². The van der Waals surface area contributed by atoms with Crippen LogP contribution >= 0.6 is 11.6 Å².